The molecule has 0 aromatic heterocycles. The smallest absolute Gasteiger partial charge is 0.328 e. The van der Waals surface area contributed by atoms with E-state index >= 15 is 0 Å². The molecule has 0 saturated carbocycles. The number of hydrogen-bond acceptors (Lipinski definition) is 4. The highest BCUT2D eigenvalue weighted by atomic mass is 16.5. The Labute approximate surface area is 101 Å². The van der Waals surface area contributed by atoms with E-state index in [1.54, 1.807) is 0 Å². The molecule has 0 spiro atoms. The van der Waals surface area contributed by atoms with Crippen molar-refractivity contribution in [1.82, 2.24) is 10.2 Å². The van der Waals surface area contributed by atoms with Gasteiger partial charge in [0, 0.05) is 18.5 Å². The second-order valence-corrected chi connectivity index (χ2v) is 5.26. The van der Waals surface area contributed by atoms with Crippen molar-refractivity contribution in [1.29, 1.82) is 0 Å². The van der Waals surface area contributed by atoms with E-state index in [0.29, 0.717) is 0 Å². The van der Waals surface area contributed by atoms with Gasteiger partial charge in [0.05, 0.1) is 13.2 Å². The molecular formula is C11H20N2O4. The third-order valence-corrected chi connectivity index (χ3v) is 2.50. The number of likely N-dealkylation sites (tertiary alicyclic amines) is 1. The summed E-state index contributed by atoms with van der Waals surface area (Å²) in [6, 6.07) is -1.05. The molecule has 2 N–H and O–H groups in total. The third kappa shape index (κ3) is 3.59. The molecule has 1 heterocycles. The van der Waals surface area contributed by atoms with Crippen LogP contribution in [0.15, 0.2) is 0 Å². The third-order valence-electron chi connectivity index (χ3n) is 2.50. The molecule has 1 rings (SSSR count). The lowest BCUT2D eigenvalue weighted by Gasteiger charge is -2.28. The molecule has 2 amide bonds. The molecule has 0 bridgehead atoms. The van der Waals surface area contributed by atoms with Gasteiger partial charge in [-0.05, 0) is 20.8 Å². The number of hydrogen-bond donors (Lipinski definition) is 2. The normalized spacial score (nSPS) is 24.6. The van der Waals surface area contributed by atoms with E-state index in [-0.39, 0.29) is 24.5 Å². The van der Waals surface area contributed by atoms with Crippen LogP contribution in [0.1, 0.15) is 27.2 Å². The number of nitrogens with one attached hydrogen (secondary N) is 1. The van der Waals surface area contributed by atoms with Crippen molar-refractivity contribution >= 4 is 12.0 Å². The zero-order valence-electron chi connectivity index (χ0n) is 10.7. The molecule has 6 heteroatoms. The van der Waals surface area contributed by atoms with E-state index in [9.17, 15) is 14.7 Å². The summed E-state index contributed by atoms with van der Waals surface area (Å²) in [5.41, 5.74) is -0.384. The Morgan fingerprint density at radius 1 is 1.41 bits per heavy atom. The maximum absolute atomic E-state index is 11.9. The lowest BCUT2D eigenvalue weighted by molar-refractivity contribution is -0.145. The fourth-order valence-corrected chi connectivity index (χ4v) is 1.79. The molecule has 1 saturated heterocycles. The number of amides is 2. The largest absolute Gasteiger partial charge is 0.467 e. The van der Waals surface area contributed by atoms with Gasteiger partial charge < -0.3 is 20.1 Å². The summed E-state index contributed by atoms with van der Waals surface area (Å²) < 4.78 is 4.62. The summed E-state index contributed by atoms with van der Waals surface area (Å²) in [4.78, 5) is 24.7. The highest BCUT2D eigenvalue weighted by molar-refractivity contribution is 5.84. The van der Waals surface area contributed by atoms with Crippen molar-refractivity contribution < 1.29 is 19.4 Å². The van der Waals surface area contributed by atoms with Crippen LogP contribution in [-0.2, 0) is 9.53 Å². The Morgan fingerprint density at radius 2 is 2.00 bits per heavy atom. The van der Waals surface area contributed by atoms with Gasteiger partial charge in [0.1, 0.15) is 6.04 Å². The van der Waals surface area contributed by atoms with Crippen molar-refractivity contribution in [3.8, 4) is 0 Å². The number of β-amino-alcohol motifs (C(OH)–C–C–N with tert-alkyl or cyclic N) is 1. The maximum Gasteiger partial charge on any atom is 0.328 e. The quantitative estimate of drug-likeness (QED) is 0.641. The Balaban J connectivity index is 2.73. The van der Waals surface area contributed by atoms with Crippen molar-refractivity contribution in [2.24, 2.45) is 0 Å². The minimum Gasteiger partial charge on any atom is -0.467 e. The first-order valence-electron chi connectivity index (χ1n) is 5.59. The predicted octanol–water partition coefficient (Wildman–Crippen LogP) is 0.103. The van der Waals surface area contributed by atoms with E-state index in [1.165, 1.54) is 12.0 Å². The summed E-state index contributed by atoms with van der Waals surface area (Å²) >= 11 is 0. The maximum atomic E-state index is 11.9. The fraction of sp³-hybridized carbons (Fsp3) is 0.818. The van der Waals surface area contributed by atoms with Crippen LogP contribution in [0.2, 0.25) is 0 Å². The molecule has 17 heavy (non-hydrogen) atoms. The Hall–Kier alpha value is -1.30. The zero-order valence-corrected chi connectivity index (χ0v) is 10.7. The summed E-state index contributed by atoms with van der Waals surface area (Å²) in [5, 5.41) is 12.3. The van der Waals surface area contributed by atoms with Crippen LogP contribution in [0.25, 0.3) is 0 Å². The van der Waals surface area contributed by atoms with E-state index in [4.69, 9.17) is 0 Å². The van der Waals surface area contributed by atoms with Gasteiger partial charge in [-0.15, -0.1) is 0 Å². The summed E-state index contributed by atoms with van der Waals surface area (Å²) in [7, 11) is 1.27. The van der Waals surface area contributed by atoms with Crippen LogP contribution < -0.4 is 5.32 Å². The molecule has 0 aliphatic carbocycles. The number of nitrogens with zero attached hydrogens (tertiary/aromatic N) is 1. The van der Waals surface area contributed by atoms with Crippen LogP contribution >= 0.6 is 0 Å². The molecule has 1 fully saturated rings. The topological polar surface area (TPSA) is 78.9 Å². The number of methoxy groups -OCH3 is 1. The van der Waals surface area contributed by atoms with Crippen LogP contribution in [0.5, 0.6) is 0 Å². The van der Waals surface area contributed by atoms with E-state index < -0.39 is 18.1 Å². The molecular weight excluding hydrogens is 224 g/mol. The van der Waals surface area contributed by atoms with Gasteiger partial charge in [-0.2, -0.15) is 0 Å². The molecule has 6 nitrogen and oxygen atoms in total. The molecule has 2 atom stereocenters. The number of carbonyl (C=O) groups is 2. The first-order valence-corrected chi connectivity index (χ1v) is 5.59. The lowest BCUT2D eigenvalue weighted by atomic mass is 10.1. The van der Waals surface area contributed by atoms with Crippen LogP contribution in [0, 0.1) is 0 Å². The van der Waals surface area contributed by atoms with Crippen LogP contribution in [0.3, 0.4) is 0 Å². The minimum atomic E-state index is -0.697. The predicted molar refractivity (Wildman–Crippen MR) is 61.4 cm³/mol. The Morgan fingerprint density at radius 3 is 2.47 bits per heavy atom. The monoisotopic (exact) mass is 244 g/mol. The number of aliphatic hydroxyl groups is 1. The van der Waals surface area contributed by atoms with E-state index in [0.717, 1.165) is 0 Å². The summed E-state index contributed by atoms with van der Waals surface area (Å²) in [5.74, 6) is -0.495. The molecule has 98 valence electrons. The van der Waals surface area contributed by atoms with Gasteiger partial charge >= 0.3 is 12.0 Å². The molecule has 0 radical (unpaired) electrons. The summed E-state index contributed by atoms with van der Waals surface area (Å²) in [6.45, 7) is 5.71. The van der Waals surface area contributed by atoms with Gasteiger partial charge in [0.2, 0.25) is 0 Å². The molecule has 1 aliphatic rings. The van der Waals surface area contributed by atoms with E-state index in [2.05, 4.69) is 10.1 Å². The van der Waals surface area contributed by atoms with Crippen molar-refractivity contribution in [2.45, 2.75) is 44.9 Å². The van der Waals surface area contributed by atoms with Crippen LogP contribution in [0.4, 0.5) is 4.79 Å². The average Bonchev–Trinajstić information content (AvgIpc) is 2.56. The number of urea groups is 1. The number of carbonyl (C=O) groups excluding carboxylic acids is 2. The summed E-state index contributed by atoms with van der Waals surface area (Å²) in [6.07, 6.45) is -0.450. The van der Waals surface area contributed by atoms with Gasteiger partial charge in [0.25, 0.3) is 0 Å². The Bertz CT molecular complexity index is 311. The van der Waals surface area contributed by atoms with E-state index in [1.807, 2.05) is 20.8 Å². The average molecular weight is 244 g/mol. The highest BCUT2D eigenvalue weighted by Crippen LogP contribution is 2.19. The minimum absolute atomic E-state index is 0.154. The van der Waals surface area contributed by atoms with Crippen molar-refractivity contribution in [3.05, 3.63) is 0 Å². The number of rotatable bonds is 1. The standard InChI is InChI=1S/C11H20N2O4/c1-11(2,3)12-10(16)13-6-7(14)5-8(13)9(15)17-4/h7-8,14H,5-6H2,1-4H3,(H,12,16). The number of ether oxygens (including phenoxy) is 1. The van der Waals surface area contributed by atoms with Gasteiger partial charge in [-0.3, -0.25) is 0 Å². The van der Waals surface area contributed by atoms with Gasteiger partial charge in [-0.25, -0.2) is 9.59 Å². The van der Waals surface area contributed by atoms with Crippen LogP contribution in [-0.4, -0.2) is 53.3 Å². The lowest BCUT2D eigenvalue weighted by Crippen LogP contribution is -2.52. The SMILES string of the molecule is COC(=O)C1CC(O)CN1C(=O)NC(C)(C)C. The second-order valence-electron chi connectivity index (χ2n) is 5.26. The molecule has 0 aromatic rings. The molecule has 0 aromatic carbocycles. The highest BCUT2D eigenvalue weighted by Gasteiger charge is 2.40. The Kier molecular flexibility index (Phi) is 3.98. The number of esters is 1. The zero-order chi connectivity index (χ0) is 13.2. The molecule has 2 unspecified atom stereocenters. The van der Waals surface area contributed by atoms with Gasteiger partial charge in [-0.1, -0.05) is 0 Å². The molecule has 1 aliphatic heterocycles. The van der Waals surface area contributed by atoms with Gasteiger partial charge in [0.15, 0.2) is 0 Å². The van der Waals surface area contributed by atoms with Crippen molar-refractivity contribution in [3.63, 3.8) is 0 Å². The first-order chi connectivity index (χ1) is 7.74. The second kappa shape index (κ2) is 4.91. The fourth-order valence-electron chi connectivity index (χ4n) is 1.79. The van der Waals surface area contributed by atoms with Crippen molar-refractivity contribution in [2.75, 3.05) is 13.7 Å². The number of aliphatic hydroxyl groups excluding tert-OH is 1. The first kappa shape index (κ1) is 13.8.